The molecule has 9 heteroatoms. The van der Waals surface area contributed by atoms with Crippen molar-refractivity contribution in [3.05, 3.63) is 60.8 Å². The van der Waals surface area contributed by atoms with Crippen molar-refractivity contribution < 1.29 is 14.6 Å². The van der Waals surface area contributed by atoms with Crippen molar-refractivity contribution in [1.82, 2.24) is 14.9 Å². The third kappa shape index (κ3) is 5.32. The van der Waals surface area contributed by atoms with Crippen LogP contribution in [0.15, 0.2) is 60.8 Å². The highest BCUT2D eigenvalue weighted by atomic mass is 16.5. The lowest BCUT2D eigenvalue weighted by Gasteiger charge is -2.34. The Kier molecular flexibility index (Phi) is 6.89. The molecule has 1 aromatic heterocycles. The number of carbonyl (C=O) groups is 1. The van der Waals surface area contributed by atoms with Gasteiger partial charge in [0.1, 0.15) is 11.6 Å². The van der Waals surface area contributed by atoms with Crippen LogP contribution >= 0.6 is 0 Å². The van der Waals surface area contributed by atoms with Crippen LogP contribution in [0.4, 0.5) is 33.6 Å². The lowest BCUT2D eigenvalue weighted by Crippen LogP contribution is -2.44. The normalized spacial score (nSPS) is 14.1. The summed E-state index contributed by atoms with van der Waals surface area (Å²) < 4.78 is 5.61. The molecular formula is C24H28N6O3. The summed E-state index contributed by atoms with van der Waals surface area (Å²) >= 11 is 0. The van der Waals surface area contributed by atoms with Gasteiger partial charge >= 0.3 is 6.09 Å². The van der Waals surface area contributed by atoms with Crippen molar-refractivity contribution in [2.75, 3.05) is 55.0 Å². The summed E-state index contributed by atoms with van der Waals surface area (Å²) in [6, 6.07) is 16.6. The average molecular weight is 449 g/mol. The van der Waals surface area contributed by atoms with E-state index in [1.54, 1.807) is 30.3 Å². The molecule has 2 aromatic carbocycles. The second kappa shape index (κ2) is 10.2. The van der Waals surface area contributed by atoms with Crippen molar-refractivity contribution in [3.63, 3.8) is 0 Å². The third-order valence-electron chi connectivity index (χ3n) is 5.46. The maximum Gasteiger partial charge on any atom is 0.417 e. The Bertz CT molecular complexity index is 1080. The monoisotopic (exact) mass is 448 g/mol. The average Bonchev–Trinajstić information content (AvgIpc) is 2.82. The first-order valence-electron chi connectivity index (χ1n) is 10.9. The molecule has 4 rings (SSSR count). The fourth-order valence-electron chi connectivity index (χ4n) is 3.73. The number of nitrogens with zero attached hydrogens (tertiary/aromatic N) is 5. The van der Waals surface area contributed by atoms with Crippen LogP contribution in [0.5, 0.6) is 5.75 Å². The molecule has 2 heterocycles. The van der Waals surface area contributed by atoms with Crippen LogP contribution in [0, 0.1) is 0 Å². The fraction of sp³-hybridized carbons (Fsp3) is 0.292. The number of nitrogens with one attached hydrogen (secondary N) is 1. The number of hydrogen-bond acceptors (Lipinski definition) is 7. The first kappa shape index (κ1) is 22.3. The van der Waals surface area contributed by atoms with Crippen LogP contribution in [0.2, 0.25) is 0 Å². The molecule has 33 heavy (non-hydrogen) atoms. The number of para-hydroxylation sites is 2. The summed E-state index contributed by atoms with van der Waals surface area (Å²) in [5, 5.41) is 13.1. The Morgan fingerprint density at radius 1 is 1.09 bits per heavy atom. The molecule has 1 saturated heterocycles. The second-order valence-corrected chi connectivity index (χ2v) is 7.72. The second-order valence-electron chi connectivity index (χ2n) is 7.72. The molecule has 1 amide bonds. The largest absolute Gasteiger partial charge is 0.492 e. The SMILES string of the molecule is CCOc1ccccc1N(C(=O)O)c1ccnc(Nc2ccc(N3CCN(C)CC3)cc2)n1. The highest BCUT2D eigenvalue weighted by molar-refractivity contribution is 5.95. The van der Waals surface area contributed by atoms with Gasteiger partial charge in [0.2, 0.25) is 5.95 Å². The van der Waals surface area contributed by atoms with E-state index in [1.807, 2.05) is 19.1 Å². The molecule has 9 nitrogen and oxygen atoms in total. The predicted octanol–water partition coefficient (Wildman–Crippen LogP) is 4.19. The summed E-state index contributed by atoms with van der Waals surface area (Å²) in [5.74, 6) is 0.996. The number of ether oxygens (including phenoxy) is 1. The van der Waals surface area contributed by atoms with E-state index in [0.717, 1.165) is 36.8 Å². The number of likely N-dealkylation sites (N-methyl/N-ethyl adjacent to an activating group) is 1. The maximum absolute atomic E-state index is 12.1. The molecule has 0 radical (unpaired) electrons. The summed E-state index contributed by atoms with van der Waals surface area (Å²) in [4.78, 5) is 26.6. The zero-order valence-electron chi connectivity index (χ0n) is 18.8. The van der Waals surface area contributed by atoms with Gasteiger partial charge in [-0.05, 0) is 50.4 Å². The molecule has 0 aliphatic carbocycles. The quantitative estimate of drug-likeness (QED) is 0.556. The molecule has 0 saturated carbocycles. The summed E-state index contributed by atoms with van der Waals surface area (Å²) in [5.41, 5.74) is 2.39. The highest BCUT2D eigenvalue weighted by Gasteiger charge is 2.22. The zero-order chi connectivity index (χ0) is 23.2. The number of rotatable bonds is 7. The van der Waals surface area contributed by atoms with Crippen LogP contribution in [0.25, 0.3) is 0 Å². The van der Waals surface area contributed by atoms with E-state index < -0.39 is 6.09 Å². The Balaban J connectivity index is 1.53. The van der Waals surface area contributed by atoms with Crippen LogP contribution in [-0.2, 0) is 0 Å². The van der Waals surface area contributed by atoms with Crippen LogP contribution < -0.4 is 19.9 Å². The number of amides is 1. The lowest BCUT2D eigenvalue weighted by atomic mass is 10.2. The molecule has 1 fully saturated rings. The molecule has 0 bridgehead atoms. The van der Waals surface area contributed by atoms with Crippen molar-refractivity contribution >= 4 is 34.9 Å². The van der Waals surface area contributed by atoms with Gasteiger partial charge in [0.05, 0.1) is 12.3 Å². The zero-order valence-corrected chi connectivity index (χ0v) is 18.8. The molecule has 1 aliphatic rings. The van der Waals surface area contributed by atoms with Crippen molar-refractivity contribution in [2.45, 2.75) is 6.92 Å². The number of anilines is 5. The maximum atomic E-state index is 12.1. The molecule has 1 aliphatic heterocycles. The van der Waals surface area contributed by atoms with Crippen LogP contribution in [0.3, 0.4) is 0 Å². The van der Waals surface area contributed by atoms with Crippen molar-refractivity contribution in [2.24, 2.45) is 0 Å². The summed E-state index contributed by atoms with van der Waals surface area (Å²) in [7, 11) is 2.14. The molecule has 3 aromatic rings. The van der Waals surface area contributed by atoms with E-state index in [9.17, 15) is 9.90 Å². The van der Waals surface area contributed by atoms with E-state index in [1.165, 1.54) is 11.9 Å². The standard InChI is InChI=1S/C24H28N6O3/c1-3-33-21-7-5-4-6-20(21)30(24(31)32)22-12-13-25-23(27-22)26-18-8-10-19(11-9-18)29-16-14-28(2)15-17-29/h4-13H,3,14-17H2,1-2H3,(H,31,32)(H,25,26,27). The smallest absolute Gasteiger partial charge is 0.417 e. The number of hydrogen-bond donors (Lipinski definition) is 2. The number of carboxylic acid groups (broad SMARTS) is 1. The molecule has 0 spiro atoms. The van der Waals surface area contributed by atoms with Gasteiger partial charge in [0.25, 0.3) is 0 Å². The van der Waals surface area contributed by atoms with Gasteiger partial charge < -0.3 is 25.0 Å². The van der Waals surface area contributed by atoms with Crippen molar-refractivity contribution in [3.8, 4) is 5.75 Å². The Morgan fingerprint density at radius 3 is 2.52 bits per heavy atom. The van der Waals surface area contributed by atoms with E-state index >= 15 is 0 Å². The predicted molar refractivity (Wildman–Crippen MR) is 129 cm³/mol. The van der Waals surface area contributed by atoms with Gasteiger partial charge in [-0.25, -0.2) is 14.7 Å². The summed E-state index contributed by atoms with van der Waals surface area (Å²) in [6.07, 6.45) is 0.367. The fourth-order valence-corrected chi connectivity index (χ4v) is 3.73. The molecular weight excluding hydrogens is 420 g/mol. The van der Waals surface area contributed by atoms with Crippen molar-refractivity contribution in [1.29, 1.82) is 0 Å². The van der Waals surface area contributed by atoms with Gasteiger partial charge in [0, 0.05) is 49.8 Å². The van der Waals surface area contributed by atoms with Crippen LogP contribution in [-0.4, -0.2) is 65.9 Å². The number of piperazine rings is 1. The molecule has 172 valence electrons. The Hall–Kier alpha value is -3.85. The highest BCUT2D eigenvalue weighted by Crippen LogP contribution is 2.33. The number of benzene rings is 2. The Morgan fingerprint density at radius 2 is 1.82 bits per heavy atom. The topological polar surface area (TPSA) is 94.1 Å². The molecule has 2 N–H and O–H groups in total. The van der Waals surface area contributed by atoms with Crippen LogP contribution in [0.1, 0.15) is 6.92 Å². The molecule has 0 atom stereocenters. The van der Waals surface area contributed by atoms with Gasteiger partial charge in [0.15, 0.2) is 0 Å². The van der Waals surface area contributed by atoms with E-state index in [4.69, 9.17) is 4.74 Å². The van der Waals surface area contributed by atoms with Gasteiger partial charge in [-0.15, -0.1) is 0 Å². The minimum atomic E-state index is -1.16. The van der Waals surface area contributed by atoms with Gasteiger partial charge in [-0.3, -0.25) is 0 Å². The first-order valence-corrected chi connectivity index (χ1v) is 10.9. The Labute approximate surface area is 193 Å². The van der Waals surface area contributed by atoms with Gasteiger partial charge in [-0.1, -0.05) is 12.1 Å². The van der Waals surface area contributed by atoms with E-state index in [-0.39, 0.29) is 5.82 Å². The third-order valence-corrected chi connectivity index (χ3v) is 5.46. The van der Waals surface area contributed by atoms with Gasteiger partial charge in [-0.2, -0.15) is 4.98 Å². The number of aromatic nitrogens is 2. The minimum absolute atomic E-state index is 0.223. The first-order chi connectivity index (χ1) is 16.0. The van der Waals surface area contributed by atoms with E-state index in [2.05, 4.69) is 44.3 Å². The minimum Gasteiger partial charge on any atom is -0.492 e. The lowest BCUT2D eigenvalue weighted by molar-refractivity contribution is 0.204. The summed E-state index contributed by atoms with van der Waals surface area (Å²) in [6.45, 7) is 6.38. The van der Waals surface area contributed by atoms with E-state index in [0.29, 0.717) is 24.0 Å². The molecule has 0 unspecified atom stereocenters.